The summed E-state index contributed by atoms with van der Waals surface area (Å²) in [6.07, 6.45) is 3.38. The summed E-state index contributed by atoms with van der Waals surface area (Å²) in [6, 6.07) is 7.36. The third-order valence-electron chi connectivity index (χ3n) is 3.40. The molecule has 94 valence electrons. The third kappa shape index (κ3) is 3.20. The van der Waals surface area contributed by atoms with E-state index in [2.05, 4.69) is 0 Å². The maximum Gasteiger partial charge on any atom is 0.119 e. The standard InChI is InChI=1S/C14H20O3/c1-11(15)12-4-6-13(7-5-12)17-10-14(16)8-2-3-9-14/h4-7,11,15-16H,2-3,8-10H2,1H3. The lowest BCUT2D eigenvalue weighted by Crippen LogP contribution is -2.32. The van der Waals surface area contributed by atoms with Gasteiger partial charge in [0, 0.05) is 0 Å². The molecule has 2 rings (SSSR count). The van der Waals surface area contributed by atoms with Crippen molar-refractivity contribution in [1.29, 1.82) is 0 Å². The van der Waals surface area contributed by atoms with Crippen molar-refractivity contribution in [2.75, 3.05) is 6.61 Å². The minimum Gasteiger partial charge on any atom is -0.491 e. The van der Waals surface area contributed by atoms with Crippen molar-refractivity contribution in [3.63, 3.8) is 0 Å². The fourth-order valence-corrected chi connectivity index (χ4v) is 2.24. The van der Waals surface area contributed by atoms with Crippen LogP contribution in [0.1, 0.15) is 44.3 Å². The van der Waals surface area contributed by atoms with Gasteiger partial charge in [-0.05, 0) is 37.5 Å². The fraction of sp³-hybridized carbons (Fsp3) is 0.571. The summed E-state index contributed by atoms with van der Waals surface area (Å²) in [5.74, 6) is 0.745. The SMILES string of the molecule is CC(O)c1ccc(OCC2(O)CCCC2)cc1. The molecule has 0 spiro atoms. The van der Waals surface area contributed by atoms with E-state index in [4.69, 9.17) is 4.74 Å². The Morgan fingerprint density at radius 2 is 1.82 bits per heavy atom. The highest BCUT2D eigenvalue weighted by atomic mass is 16.5. The average Bonchev–Trinajstić information content (AvgIpc) is 2.75. The van der Waals surface area contributed by atoms with Crippen LogP contribution in [0, 0.1) is 0 Å². The normalized spacial score (nSPS) is 20.2. The summed E-state index contributed by atoms with van der Waals surface area (Å²) < 4.78 is 5.60. The lowest BCUT2D eigenvalue weighted by molar-refractivity contribution is 0.00139. The van der Waals surface area contributed by atoms with Crippen molar-refractivity contribution in [2.45, 2.75) is 44.3 Å². The van der Waals surface area contributed by atoms with Gasteiger partial charge in [0.2, 0.25) is 0 Å². The molecule has 2 N–H and O–H groups in total. The average molecular weight is 236 g/mol. The van der Waals surface area contributed by atoms with Gasteiger partial charge in [-0.3, -0.25) is 0 Å². The predicted octanol–water partition coefficient (Wildman–Crippen LogP) is 2.42. The van der Waals surface area contributed by atoms with E-state index in [0.29, 0.717) is 6.61 Å². The second kappa shape index (κ2) is 5.07. The second-order valence-corrected chi connectivity index (χ2v) is 4.97. The Labute approximate surface area is 102 Å². The summed E-state index contributed by atoms with van der Waals surface area (Å²) in [7, 11) is 0. The van der Waals surface area contributed by atoms with Crippen molar-refractivity contribution < 1.29 is 14.9 Å². The van der Waals surface area contributed by atoms with E-state index in [9.17, 15) is 10.2 Å². The van der Waals surface area contributed by atoms with E-state index in [1.807, 2.05) is 24.3 Å². The molecule has 17 heavy (non-hydrogen) atoms. The van der Waals surface area contributed by atoms with E-state index >= 15 is 0 Å². The number of ether oxygens (including phenoxy) is 1. The Morgan fingerprint density at radius 3 is 2.35 bits per heavy atom. The monoisotopic (exact) mass is 236 g/mol. The van der Waals surface area contributed by atoms with Crippen LogP contribution >= 0.6 is 0 Å². The van der Waals surface area contributed by atoms with Gasteiger partial charge in [0.15, 0.2) is 0 Å². The fourth-order valence-electron chi connectivity index (χ4n) is 2.24. The van der Waals surface area contributed by atoms with Gasteiger partial charge in [0.1, 0.15) is 12.4 Å². The first-order valence-electron chi connectivity index (χ1n) is 6.22. The number of aliphatic hydroxyl groups is 2. The van der Waals surface area contributed by atoms with Gasteiger partial charge in [0.25, 0.3) is 0 Å². The molecule has 0 aliphatic heterocycles. The number of hydrogen-bond donors (Lipinski definition) is 2. The lowest BCUT2D eigenvalue weighted by atomic mass is 10.0. The zero-order chi connectivity index (χ0) is 12.3. The van der Waals surface area contributed by atoms with E-state index in [1.165, 1.54) is 0 Å². The Bertz CT molecular complexity index is 350. The number of rotatable bonds is 4. The molecule has 1 aromatic rings. The van der Waals surface area contributed by atoms with Crippen LogP contribution in [0.4, 0.5) is 0 Å². The van der Waals surface area contributed by atoms with Crippen LogP contribution in [0.15, 0.2) is 24.3 Å². The van der Waals surface area contributed by atoms with Crippen LogP contribution in [-0.4, -0.2) is 22.4 Å². The van der Waals surface area contributed by atoms with Gasteiger partial charge in [-0.15, -0.1) is 0 Å². The highest BCUT2D eigenvalue weighted by Crippen LogP contribution is 2.30. The van der Waals surface area contributed by atoms with Crippen LogP contribution in [0.2, 0.25) is 0 Å². The molecular formula is C14H20O3. The highest BCUT2D eigenvalue weighted by Gasteiger charge is 2.31. The van der Waals surface area contributed by atoms with Crippen molar-refractivity contribution >= 4 is 0 Å². The second-order valence-electron chi connectivity index (χ2n) is 4.97. The summed E-state index contributed by atoms with van der Waals surface area (Å²) in [4.78, 5) is 0. The largest absolute Gasteiger partial charge is 0.491 e. The molecule has 1 unspecified atom stereocenters. The smallest absolute Gasteiger partial charge is 0.119 e. The highest BCUT2D eigenvalue weighted by molar-refractivity contribution is 5.28. The first-order valence-corrected chi connectivity index (χ1v) is 6.22. The minimum atomic E-state index is -0.636. The maximum absolute atomic E-state index is 10.1. The molecule has 3 heteroatoms. The molecule has 0 bridgehead atoms. The minimum absolute atomic E-state index is 0.362. The molecule has 0 saturated heterocycles. The van der Waals surface area contributed by atoms with Crippen LogP contribution in [-0.2, 0) is 0 Å². The van der Waals surface area contributed by atoms with Crippen LogP contribution in [0.25, 0.3) is 0 Å². The molecule has 0 amide bonds. The lowest BCUT2D eigenvalue weighted by Gasteiger charge is -2.22. The molecule has 3 nitrogen and oxygen atoms in total. The van der Waals surface area contributed by atoms with Crippen molar-refractivity contribution in [2.24, 2.45) is 0 Å². The zero-order valence-corrected chi connectivity index (χ0v) is 10.2. The van der Waals surface area contributed by atoms with Gasteiger partial charge >= 0.3 is 0 Å². The Balaban J connectivity index is 1.90. The van der Waals surface area contributed by atoms with Crippen LogP contribution in [0.3, 0.4) is 0 Å². The maximum atomic E-state index is 10.1. The van der Waals surface area contributed by atoms with E-state index in [0.717, 1.165) is 37.0 Å². The predicted molar refractivity (Wildman–Crippen MR) is 66.0 cm³/mol. The van der Waals surface area contributed by atoms with Crippen molar-refractivity contribution in [3.05, 3.63) is 29.8 Å². The molecule has 0 heterocycles. The van der Waals surface area contributed by atoms with Gasteiger partial charge in [-0.2, -0.15) is 0 Å². The molecule has 0 radical (unpaired) electrons. The summed E-state index contributed by atoms with van der Waals surface area (Å²) >= 11 is 0. The Kier molecular flexibility index (Phi) is 3.69. The first-order chi connectivity index (χ1) is 8.09. The molecule has 1 saturated carbocycles. The van der Waals surface area contributed by atoms with Gasteiger partial charge in [0.05, 0.1) is 11.7 Å². The Hall–Kier alpha value is -1.06. The number of hydrogen-bond acceptors (Lipinski definition) is 3. The van der Waals surface area contributed by atoms with Gasteiger partial charge in [-0.25, -0.2) is 0 Å². The molecular weight excluding hydrogens is 216 g/mol. The van der Waals surface area contributed by atoms with Crippen molar-refractivity contribution in [3.8, 4) is 5.75 Å². The molecule has 1 aliphatic carbocycles. The van der Waals surface area contributed by atoms with Gasteiger partial charge in [-0.1, -0.05) is 25.0 Å². The van der Waals surface area contributed by atoms with E-state index in [-0.39, 0.29) is 0 Å². The molecule has 0 aromatic heterocycles. The van der Waals surface area contributed by atoms with Crippen LogP contribution < -0.4 is 4.74 Å². The summed E-state index contributed by atoms with van der Waals surface area (Å²) in [5, 5.41) is 19.5. The topological polar surface area (TPSA) is 49.7 Å². The number of aliphatic hydroxyl groups excluding tert-OH is 1. The first kappa shape index (κ1) is 12.4. The zero-order valence-electron chi connectivity index (χ0n) is 10.2. The molecule has 1 aromatic carbocycles. The van der Waals surface area contributed by atoms with E-state index in [1.54, 1.807) is 6.92 Å². The quantitative estimate of drug-likeness (QED) is 0.844. The third-order valence-corrected chi connectivity index (χ3v) is 3.40. The van der Waals surface area contributed by atoms with Crippen LogP contribution in [0.5, 0.6) is 5.75 Å². The molecule has 1 fully saturated rings. The molecule has 1 atom stereocenters. The number of benzene rings is 1. The summed E-state index contributed by atoms with van der Waals surface area (Å²) in [5.41, 5.74) is 0.236. The summed E-state index contributed by atoms with van der Waals surface area (Å²) in [6.45, 7) is 2.10. The molecule has 1 aliphatic rings. The van der Waals surface area contributed by atoms with Crippen molar-refractivity contribution in [1.82, 2.24) is 0 Å². The Morgan fingerprint density at radius 1 is 1.24 bits per heavy atom. The van der Waals surface area contributed by atoms with E-state index < -0.39 is 11.7 Å². The van der Waals surface area contributed by atoms with Gasteiger partial charge < -0.3 is 14.9 Å².